The van der Waals surface area contributed by atoms with E-state index in [0.29, 0.717) is 0 Å². The number of rotatable bonds is 4. The van der Waals surface area contributed by atoms with Crippen molar-refractivity contribution in [3.63, 3.8) is 0 Å². The highest BCUT2D eigenvalue weighted by Crippen LogP contribution is 2.65. The molecule has 8 aromatic rings. The Balaban J connectivity index is 1.13. The molecular formula is C71H72BN3. The van der Waals surface area contributed by atoms with E-state index in [1.807, 2.05) is 0 Å². The van der Waals surface area contributed by atoms with E-state index in [9.17, 15) is 0 Å². The van der Waals surface area contributed by atoms with Crippen LogP contribution in [0.4, 0.5) is 51.2 Å². The van der Waals surface area contributed by atoms with E-state index in [2.05, 4.69) is 256 Å². The number of nitrogens with zero attached hydrogens (tertiary/aromatic N) is 3. The summed E-state index contributed by atoms with van der Waals surface area (Å²) in [7, 11) is 0. The highest BCUT2D eigenvalue weighted by Gasteiger charge is 2.55. The van der Waals surface area contributed by atoms with Gasteiger partial charge in [0.15, 0.2) is 0 Å². The van der Waals surface area contributed by atoms with E-state index in [1.165, 1.54) is 131 Å². The van der Waals surface area contributed by atoms with Crippen molar-refractivity contribution in [2.75, 3.05) is 14.7 Å². The Hall–Kier alpha value is -6.78. The largest absolute Gasteiger partial charge is 0.311 e. The van der Waals surface area contributed by atoms with E-state index in [1.54, 1.807) is 0 Å². The summed E-state index contributed by atoms with van der Waals surface area (Å²) in [4.78, 5) is 7.93. The Morgan fingerprint density at radius 2 is 1.04 bits per heavy atom. The van der Waals surface area contributed by atoms with Crippen LogP contribution in [-0.4, -0.2) is 6.71 Å². The van der Waals surface area contributed by atoms with E-state index in [0.717, 1.165) is 23.5 Å². The van der Waals surface area contributed by atoms with Crippen LogP contribution in [0.1, 0.15) is 159 Å². The van der Waals surface area contributed by atoms with Crippen LogP contribution in [0.3, 0.4) is 0 Å². The molecule has 3 heterocycles. The third-order valence-electron chi connectivity index (χ3n) is 19.8. The zero-order valence-electron chi connectivity index (χ0n) is 46.7. The molecule has 0 saturated heterocycles. The predicted molar refractivity (Wildman–Crippen MR) is 320 cm³/mol. The molecule has 0 aromatic heterocycles. The first kappa shape index (κ1) is 46.7. The molecule has 1 unspecified atom stereocenters. The summed E-state index contributed by atoms with van der Waals surface area (Å²) < 4.78 is 0. The Labute approximate surface area is 447 Å². The summed E-state index contributed by atoms with van der Waals surface area (Å²) in [5.74, 6) is 0. The van der Waals surface area contributed by atoms with Gasteiger partial charge in [-0.05, 0) is 211 Å². The lowest BCUT2D eigenvalue weighted by Crippen LogP contribution is -2.63. The van der Waals surface area contributed by atoms with Crippen LogP contribution in [0, 0.1) is 6.92 Å². The van der Waals surface area contributed by atoms with Crippen LogP contribution < -0.4 is 31.1 Å². The van der Waals surface area contributed by atoms with Gasteiger partial charge in [-0.3, -0.25) is 0 Å². The van der Waals surface area contributed by atoms with Gasteiger partial charge in [-0.1, -0.05) is 161 Å². The summed E-state index contributed by atoms with van der Waals surface area (Å²) >= 11 is 0. The van der Waals surface area contributed by atoms with Gasteiger partial charge in [-0.15, -0.1) is 0 Å². The van der Waals surface area contributed by atoms with Gasteiger partial charge in [-0.2, -0.15) is 0 Å². The maximum Gasteiger partial charge on any atom is 0.252 e. The van der Waals surface area contributed by atoms with Crippen LogP contribution in [0.2, 0.25) is 0 Å². The van der Waals surface area contributed by atoms with Gasteiger partial charge in [0, 0.05) is 50.9 Å². The Morgan fingerprint density at radius 1 is 0.440 bits per heavy atom. The summed E-state index contributed by atoms with van der Waals surface area (Å²) in [5, 5.41) is 0. The number of benzene rings is 8. The van der Waals surface area contributed by atoms with E-state index < -0.39 is 5.41 Å². The van der Waals surface area contributed by atoms with Crippen molar-refractivity contribution < 1.29 is 0 Å². The molecule has 1 atom stereocenters. The summed E-state index contributed by atoms with van der Waals surface area (Å²) in [6, 6.07) is 59.6. The summed E-state index contributed by atoms with van der Waals surface area (Å²) in [6.45, 7) is 32.0. The molecule has 0 radical (unpaired) electrons. The number of anilines is 9. The van der Waals surface area contributed by atoms with Crippen molar-refractivity contribution in [2.24, 2.45) is 0 Å². The van der Waals surface area contributed by atoms with Gasteiger partial charge in [0.1, 0.15) is 0 Å². The zero-order chi connectivity index (χ0) is 52.1. The fourth-order valence-electron chi connectivity index (χ4n) is 15.4. The monoisotopic (exact) mass is 978 g/mol. The molecule has 3 aliphatic carbocycles. The Morgan fingerprint density at radius 3 is 1.68 bits per heavy atom. The minimum absolute atomic E-state index is 0.00295. The third kappa shape index (κ3) is 6.35. The maximum atomic E-state index is 2.74. The first-order valence-corrected chi connectivity index (χ1v) is 28.1. The molecular weight excluding hydrogens is 906 g/mol. The van der Waals surface area contributed by atoms with Crippen LogP contribution in [-0.2, 0) is 32.5 Å². The highest BCUT2D eigenvalue weighted by molar-refractivity contribution is 7.00. The Bertz CT molecular complexity index is 3720. The lowest BCUT2D eigenvalue weighted by atomic mass is 9.32. The van der Waals surface area contributed by atoms with Gasteiger partial charge in [0.25, 0.3) is 6.71 Å². The van der Waals surface area contributed by atoms with Crippen molar-refractivity contribution >= 4 is 74.3 Å². The maximum absolute atomic E-state index is 2.74. The SMILES string of the molecule is Cc1cc2c3c4c1C1(C)c5cc(C(C)(C)C)ccc5-c5cccc(c51)N4c1cc(N(c4ccccc4)c4ccccc4)ccc1B3c1cc3c(cc1N2c1ccc2c(c1)C(C)(C)CCC2(C)C)C(C)(C)CCC3(C)C. The van der Waals surface area contributed by atoms with Crippen molar-refractivity contribution in [3.05, 3.63) is 202 Å². The summed E-state index contributed by atoms with van der Waals surface area (Å²) in [5.41, 5.74) is 31.0. The fraction of sp³-hybridized carbons (Fsp3) is 0.324. The number of para-hydroxylation sites is 2. The van der Waals surface area contributed by atoms with Gasteiger partial charge < -0.3 is 14.7 Å². The molecule has 0 bridgehead atoms. The van der Waals surface area contributed by atoms with Crippen LogP contribution >= 0.6 is 0 Å². The number of aryl methyl sites for hydroxylation is 1. The van der Waals surface area contributed by atoms with Crippen molar-refractivity contribution in [1.29, 1.82) is 0 Å². The Kier molecular flexibility index (Phi) is 9.48. The van der Waals surface area contributed by atoms with Gasteiger partial charge in [0.05, 0.1) is 5.69 Å². The van der Waals surface area contributed by atoms with Gasteiger partial charge in [0.2, 0.25) is 0 Å². The minimum atomic E-state index is -0.401. The van der Waals surface area contributed by atoms with Crippen molar-refractivity contribution in [1.82, 2.24) is 0 Å². The first-order chi connectivity index (χ1) is 35.6. The average Bonchev–Trinajstić information content (AvgIpc) is 3.66. The molecule has 4 heteroatoms. The second kappa shape index (κ2) is 15.2. The van der Waals surface area contributed by atoms with Gasteiger partial charge >= 0.3 is 0 Å². The van der Waals surface area contributed by atoms with E-state index in [-0.39, 0.29) is 33.8 Å². The highest BCUT2D eigenvalue weighted by atomic mass is 15.2. The topological polar surface area (TPSA) is 9.72 Å². The molecule has 75 heavy (non-hydrogen) atoms. The molecule has 3 aliphatic heterocycles. The number of fused-ring (bicyclic) bond motifs is 12. The average molecular weight is 978 g/mol. The molecule has 8 aromatic carbocycles. The molecule has 3 nitrogen and oxygen atoms in total. The number of hydrogen-bond donors (Lipinski definition) is 0. The number of hydrogen-bond acceptors (Lipinski definition) is 3. The molecule has 0 spiro atoms. The van der Waals surface area contributed by atoms with E-state index in [4.69, 9.17) is 0 Å². The molecule has 374 valence electrons. The molecule has 0 N–H and O–H groups in total. The molecule has 0 saturated carbocycles. The minimum Gasteiger partial charge on any atom is -0.311 e. The van der Waals surface area contributed by atoms with Crippen LogP contribution in [0.15, 0.2) is 152 Å². The lowest BCUT2D eigenvalue weighted by molar-refractivity contribution is 0.332. The third-order valence-corrected chi connectivity index (χ3v) is 19.8. The molecule has 0 amide bonds. The lowest BCUT2D eigenvalue weighted by Gasteiger charge is -2.52. The van der Waals surface area contributed by atoms with Crippen LogP contribution in [0.5, 0.6) is 0 Å². The van der Waals surface area contributed by atoms with Crippen molar-refractivity contribution in [2.45, 2.75) is 148 Å². The predicted octanol–water partition coefficient (Wildman–Crippen LogP) is 17.2. The summed E-state index contributed by atoms with van der Waals surface area (Å²) in [6.07, 6.45) is 4.70. The molecule has 0 fully saturated rings. The normalized spacial score (nSPS) is 20.0. The zero-order valence-corrected chi connectivity index (χ0v) is 46.7. The van der Waals surface area contributed by atoms with Crippen molar-refractivity contribution in [3.8, 4) is 11.1 Å². The quantitative estimate of drug-likeness (QED) is 0.163. The fourth-order valence-corrected chi connectivity index (χ4v) is 15.4. The smallest absolute Gasteiger partial charge is 0.252 e. The second-order valence-electron chi connectivity index (χ2n) is 27.3. The molecule has 6 aliphatic rings. The molecule has 14 rings (SSSR count). The second-order valence-corrected chi connectivity index (χ2v) is 27.3. The van der Waals surface area contributed by atoms with E-state index >= 15 is 0 Å². The standard InChI is InChI=1S/C71H72BN3/c1-43-37-61-64-65-62(43)71(13)52-38-44(66(2,3)4)27-30-49(52)50-25-20-26-58(63(50)71)75(65)59-40-48(73(45-21-16-14-17-22-45)46-23-18-15-19-24-46)29-32-56(59)72(64)57-41-54-55(70(11,12)36-35-69(54,9)10)42-60(57)74(61)47-28-31-51-53(39-47)68(7,8)34-33-67(51,5)6/h14-32,37-42H,33-36H2,1-13H3. The first-order valence-electron chi connectivity index (χ1n) is 28.1. The van der Waals surface area contributed by atoms with Crippen LogP contribution in [0.25, 0.3) is 11.1 Å². The van der Waals surface area contributed by atoms with Gasteiger partial charge in [-0.25, -0.2) is 0 Å².